The second kappa shape index (κ2) is 7.58. The molecule has 0 spiro atoms. The van der Waals surface area contributed by atoms with E-state index < -0.39 is 10.0 Å². The summed E-state index contributed by atoms with van der Waals surface area (Å²) >= 11 is 3.29. The Balaban J connectivity index is 1.93. The van der Waals surface area contributed by atoms with Crippen LogP contribution in [0.4, 0.5) is 0 Å². The topological polar surface area (TPSA) is 64.6 Å². The molecule has 1 N–H and O–H groups in total. The molecule has 0 aliphatic carbocycles. The molecule has 1 aliphatic heterocycles. The first-order chi connectivity index (χ1) is 10.0. The van der Waals surface area contributed by atoms with Gasteiger partial charge in [0.2, 0.25) is 10.0 Å². The molecule has 1 saturated heterocycles. The molecule has 0 bridgehead atoms. The van der Waals surface area contributed by atoms with E-state index in [4.69, 9.17) is 9.47 Å². The highest BCUT2D eigenvalue weighted by Gasteiger charge is 2.18. The van der Waals surface area contributed by atoms with Gasteiger partial charge in [0.15, 0.2) is 0 Å². The van der Waals surface area contributed by atoms with E-state index in [1.807, 2.05) is 0 Å². The third-order valence-corrected chi connectivity index (χ3v) is 5.54. The molecule has 0 aromatic heterocycles. The van der Waals surface area contributed by atoms with Crippen LogP contribution in [0.1, 0.15) is 25.7 Å². The molecule has 0 saturated carbocycles. The second-order valence-corrected chi connectivity index (χ2v) is 7.59. The predicted molar refractivity (Wildman–Crippen MR) is 84.1 cm³/mol. The van der Waals surface area contributed by atoms with Gasteiger partial charge in [0.1, 0.15) is 5.75 Å². The minimum Gasteiger partial charge on any atom is -0.496 e. The van der Waals surface area contributed by atoms with Crippen molar-refractivity contribution in [1.82, 2.24) is 4.72 Å². The SMILES string of the molecule is COc1ccc(S(=O)(=O)NCCC2CCCCO2)cc1Br. The molecule has 1 fully saturated rings. The fourth-order valence-corrected chi connectivity index (χ4v) is 4.05. The predicted octanol–water partition coefficient (Wildman–Crippen LogP) is 2.70. The standard InChI is InChI=1S/C14H20BrNO4S/c1-19-14-6-5-12(10-13(14)15)21(17,18)16-8-7-11-4-2-3-9-20-11/h5-6,10-11,16H,2-4,7-9H2,1H3. The molecule has 2 rings (SSSR count). The summed E-state index contributed by atoms with van der Waals surface area (Å²) in [7, 11) is -1.96. The minimum absolute atomic E-state index is 0.170. The molecule has 1 aliphatic rings. The number of hydrogen-bond donors (Lipinski definition) is 1. The van der Waals surface area contributed by atoms with E-state index in [0.29, 0.717) is 23.2 Å². The lowest BCUT2D eigenvalue weighted by molar-refractivity contribution is 0.0123. The van der Waals surface area contributed by atoms with E-state index in [1.165, 1.54) is 19.2 Å². The van der Waals surface area contributed by atoms with Crippen molar-refractivity contribution >= 4 is 26.0 Å². The Bertz CT molecular complexity index is 570. The van der Waals surface area contributed by atoms with Crippen molar-refractivity contribution in [1.29, 1.82) is 0 Å². The van der Waals surface area contributed by atoms with Gasteiger partial charge in [-0.3, -0.25) is 0 Å². The number of sulfonamides is 1. The lowest BCUT2D eigenvalue weighted by Crippen LogP contribution is -2.29. The molecule has 1 atom stereocenters. The van der Waals surface area contributed by atoms with Gasteiger partial charge < -0.3 is 9.47 Å². The Labute approximate surface area is 134 Å². The Kier molecular flexibility index (Phi) is 6.04. The maximum absolute atomic E-state index is 12.2. The molecule has 5 nitrogen and oxygen atoms in total. The van der Waals surface area contributed by atoms with Gasteiger partial charge >= 0.3 is 0 Å². The number of nitrogens with one attached hydrogen (secondary N) is 1. The first-order valence-corrected chi connectivity index (χ1v) is 9.25. The van der Waals surface area contributed by atoms with Crippen molar-refractivity contribution in [3.63, 3.8) is 0 Å². The highest BCUT2D eigenvalue weighted by atomic mass is 79.9. The fraction of sp³-hybridized carbons (Fsp3) is 0.571. The van der Waals surface area contributed by atoms with Crippen molar-refractivity contribution in [3.05, 3.63) is 22.7 Å². The van der Waals surface area contributed by atoms with Crippen molar-refractivity contribution < 1.29 is 17.9 Å². The van der Waals surface area contributed by atoms with Gasteiger partial charge in [0, 0.05) is 13.2 Å². The average molecular weight is 378 g/mol. The number of ether oxygens (including phenoxy) is 2. The van der Waals surface area contributed by atoms with Gasteiger partial charge in [0.05, 0.1) is 22.6 Å². The van der Waals surface area contributed by atoms with E-state index >= 15 is 0 Å². The molecule has 0 radical (unpaired) electrons. The lowest BCUT2D eigenvalue weighted by Gasteiger charge is -2.22. The monoisotopic (exact) mass is 377 g/mol. The highest BCUT2D eigenvalue weighted by molar-refractivity contribution is 9.10. The number of halogens is 1. The van der Waals surface area contributed by atoms with Gasteiger partial charge in [-0.15, -0.1) is 0 Å². The van der Waals surface area contributed by atoms with Crippen LogP contribution >= 0.6 is 15.9 Å². The van der Waals surface area contributed by atoms with E-state index in [0.717, 1.165) is 25.9 Å². The second-order valence-electron chi connectivity index (χ2n) is 4.97. The Hall–Kier alpha value is -0.630. The first-order valence-electron chi connectivity index (χ1n) is 6.98. The largest absolute Gasteiger partial charge is 0.496 e. The quantitative estimate of drug-likeness (QED) is 0.827. The summed E-state index contributed by atoms with van der Waals surface area (Å²) in [6.07, 6.45) is 4.14. The van der Waals surface area contributed by atoms with Crippen LogP contribution in [0.25, 0.3) is 0 Å². The normalized spacial score (nSPS) is 19.4. The van der Waals surface area contributed by atoms with Crippen molar-refractivity contribution in [2.45, 2.75) is 36.7 Å². The van der Waals surface area contributed by atoms with Gasteiger partial charge in [-0.05, 0) is 59.8 Å². The molecule has 1 aromatic rings. The minimum atomic E-state index is -3.50. The van der Waals surface area contributed by atoms with Crippen LogP contribution < -0.4 is 9.46 Å². The van der Waals surface area contributed by atoms with Crippen molar-refractivity contribution in [3.8, 4) is 5.75 Å². The molecule has 1 heterocycles. The number of hydrogen-bond acceptors (Lipinski definition) is 4. The Morgan fingerprint density at radius 1 is 1.43 bits per heavy atom. The van der Waals surface area contributed by atoms with Crippen LogP contribution in [0.5, 0.6) is 5.75 Å². The maximum atomic E-state index is 12.2. The van der Waals surface area contributed by atoms with Crippen LogP contribution in [-0.4, -0.2) is 34.8 Å². The highest BCUT2D eigenvalue weighted by Crippen LogP contribution is 2.27. The number of benzene rings is 1. The first kappa shape index (κ1) is 16.7. The molecule has 7 heteroatoms. The van der Waals surface area contributed by atoms with E-state index in [9.17, 15) is 8.42 Å². The smallest absolute Gasteiger partial charge is 0.240 e. The summed E-state index contributed by atoms with van der Waals surface area (Å²) in [4.78, 5) is 0.222. The molecule has 0 amide bonds. The van der Waals surface area contributed by atoms with Crippen molar-refractivity contribution in [2.24, 2.45) is 0 Å². The molecule has 21 heavy (non-hydrogen) atoms. The molecule has 1 aromatic carbocycles. The Morgan fingerprint density at radius 2 is 2.24 bits per heavy atom. The molecule has 118 valence electrons. The fourth-order valence-electron chi connectivity index (χ4n) is 2.29. The average Bonchev–Trinajstić information content (AvgIpc) is 2.48. The van der Waals surface area contributed by atoms with Gasteiger partial charge in [-0.25, -0.2) is 13.1 Å². The van der Waals surface area contributed by atoms with E-state index in [2.05, 4.69) is 20.7 Å². The zero-order chi connectivity index (χ0) is 15.3. The summed E-state index contributed by atoms with van der Waals surface area (Å²) in [5.41, 5.74) is 0. The molecule has 1 unspecified atom stereocenters. The number of methoxy groups -OCH3 is 1. The van der Waals surface area contributed by atoms with Crippen LogP contribution in [0.15, 0.2) is 27.6 Å². The van der Waals surface area contributed by atoms with Crippen LogP contribution in [0.2, 0.25) is 0 Å². The van der Waals surface area contributed by atoms with Crippen LogP contribution in [0, 0.1) is 0 Å². The summed E-state index contributed by atoms with van der Waals surface area (Å²) in [6, 6.07) is 4.70. The van der Waals surface area contributed by atoms with E-state index in [-0.39, 0.29) is 11.0 Å². The maximum Gasteiger partial charge on any atom is 0.240 e. The lowest BCUT2D eigenvalue weighted by atomic mass is 10.1. The van der Waals surface area contributed by atoms with Crippen LogP contribution in [0.3, 0.4) is 0 Å². The van der Waals surface area contributed by atoms with E-state index in [1.54, 1.807) is 6.07 Å². The summed E-state index contributed by atoms with van der Waals surface area (Å²) in [5.74, 6) is 0.601. The molecular formula is C14H20BrNO4S. The number of rotatable bonds is 6. The van der Waals surface area contributed by atoms with Gasteiger partial charge in [-0.2, -0.15) is 0 Å². The molecular weight excluding hydrogens is 358 g/mol. The zero-order valence-electron chi connectivity index (χ0n) is 12.0. The van der Waals surface area contributed by atoms with Gasteiger partial charge in [-0.1, -0.05) is 0 Å². The third-order valence-electron chi connectivity index (χ3n) is 3.47. The summed E-state index contributed by atoms with van der Waals surface area (Å²) in [6.45, 7) is 1.17. The third kappa shape index (κ3) is 4.67. The Morgan fingerprint density at radius 3 is 2.86 bits per heavy atom. The summed E-state index contributed by atoms with van der Waals surface area (Å²) < 4.78 is 38.3. The van der Waals surface area contributed by atoms with Crippen LogP contribution in [-0.2, 0) is 14.8 Å². The zero-order valence-corrected chi connectivity index (χ0v) is 14.4. The van der Waals surface area contributed by atoms with Crippen molar-refractivity contribution in [2.75, 3.05) is 20.3 Å². The summed E-state index contributed by atoms with van der Waals surface area (Å²) in [5, 5.41) is 0. The van der Waals surface area contributed by atoms with Gasteiger partial charge in [0.25, 0.3) is 0 Å².